The summed E-state index contributed by atoms with van der Waals surface area (Å²) in [5.74, 6) is -0.622. The van der Waals surface area contributed by atoms with Gasteiger partial charge in [0.15, 0.2) is 0 Å². The molecule has 0 radical (unpaired) electrons. The summed E-state index contributed by atoms with van der Waals surface area (Å²) in [5.41, 5.74) is 11.8. The zero-order valence-corrected chi connectivity index (χ0v) is 8.74. The van der Waals surface area contributed by atoms with E-state index in [0.717, 1.165) is 0 Å². The summed E-state index contributed by atoms with van der Waals surface area (Å²) in [6.45, 7) is -0.100. The third-order valence-corrected chi connectivity index (χ3v) is 2.41. The van der Waals surface area contributed by atoms with Crippen LogP contribution in [-0.4, -0.2) is 5.91 Å². The van der Waals surface area contributed by atoms with Gasteiger partial charge >= 0.3 is 0 Å². The number of nitrogens with zero attached hydrogens (tertiary/aromatic N) is 1. The minimum atomic E-state index is -0.622. The lowest BCUT2D eigenvalue weighted by Gasteiger charge is -2.06. The van der Waals surface area contributed by atoms with Gasteiger partial charge in [-0.25, -0.2) is 0 Å². The van der Waals surface area contributed by atoms with E-state index in [2.05, 4.69) is 21.1 Å². The lowest BCUT2D eigenvalue weighted by Crippen LogP contribution is -2.14. The van der Waals surface area contributed by atoms with Gasteiger partial charge in [-0.15, -0.1) is 0 Å². The zero-order valence-electron chi connectivity index (χ0n) is 7.16. The Hall–Kier alpha value is -1.43. The van der Waals surface area contributed by atoms with Crippen molar-refractivity contribution in [2.24, 2.45) is 10.9 Å². The number of nitrogen functional groups attached to an aromatic ring is 1. The predicted molar refractivity (Wildman–Crippen MR) is 56.6 cm³/mol. The lowest BCUT2D eigenvalue weighted by atomic mass is 10.1. The molecular formula is C8H8BrN3O2. The number of hydrogen-bond donors (Lipinski definition) is 2. The number of carbonyl (C=O) groups is 1. The van der Waals surface area contributed by atoms with Gasteiger partial charge in [0.25, 0.3) is 0 Å². The summed E-state index contributed by atoms with van der Waals surface area (Å²) >= 11 is 3.18. The van der Waals surface area contributed by atoms with E-state index >= 15 is 0 Å². The molecule has 4 N–H and O–H groups in total. The van der Waals surface area contributed by atoms with E-state index in [1.54, 1.807) is 6.07 Å². The summed E-state index contributed by atoms with van der Waals surface area (Å²) < 4.78 is 0.612. The molecule has 0 saturated heterocycles. The largest absolute Gasteiger partial charge is 0.398 e. The monoisotopic (exact) mass is 257 g/mol. The topological polar surface area (TPSA) is 98.5 Å². The smallest absolute Gasteiger partial charge is 0.249 e. The number of benzene rings is 1. The number of anilines is 1. The molecule has 1 amide bonds. The Labute approximate surface area is 88.6 Å². The summed E-state index contributed by atoms with van der Waals surface area (Å²) in [6, 6.07) is 2.99. The van der Waals surface area contributed by atoms with Crippen molar-refractivity contribution in [2.45, 2.75) is 6.54 Å². The quantitative estimate of drug-likeness (QED) is 0.633. The van der Waals surface area contributed by atoms with Crippen LogP contribution in [0.25, 0.3) is 0 Å². The lowest BCUT2D eigenvalue weighted by molar-refractivity contribution is 0.0999. The van der Waals surface area contributed by atoms with E-state index in [1.807, 2.05) is 0 Å². The fraction of sp³-hybridized carbons (Fsp3) is 0.125. The van der Waals surface area contributed by atoms with Gasteiger partial charge < -0.3 is 11.5 Å². The summed E-state index contributed by atoms with van der Waals surface area (Å²) in [5, 5.41) is 2.70. The standard InChI is InChI=1S/C8H8BrN3O2/c9-6-1-4(3-12-14)5(8(11)13)2-7(6)10/h1-2H,3,10H2,(H2,11,13). The maximum absolute atomic E-state index is 11.0. The Balaban J connectivity index is 3.30. The number of rotatable bonds is 3. The fourth-order valence-electron chi connectivity index (χ4n) is 1.06. The Morgan fingerprint density at radius 3 is 2.64 bits per heavy atom. The van der Waals surface area contributed by atoms with Gasteiger partial charge in [-0.05, 0) is 33.6 Å². The van der Waals surface area contributed by atoms with Crippen LogP contribution in [0.3, 0.4) is 0 Å². The van der Waals surface area contributed by atoms with Crippen LogP contribution < -0.4 is 11.5 Å². The second-order valence-electron chi connectivity index (χ2n) is 2.68. The molecule has 0 bridgehead atoms. The van der Waals surface area contributed by atoms with Gasteiger partial charge in [-0.2, -0.15) is 4.91 Å². The van der Waals surface area contributed by atoms with Crippen LogP contribution in [0.1, 0.15) is 15.9 Å². The molecule has 5 nitrogen and oxygen atoms in total. The molecule has 1 rings (SSSR count). The minimum absolute atomic E-state index is 0.100. The van der Waals surface area contributed by atoms with Crippen molar-refractivity contribution in [3.63, 3.8) is 0 Å². The average molecular weight is 258 g/mol. The van der Waals surface area contributed by atoms with Crippen molar-refractivity contribution >= 4 is 27.5 Å². The van der Waals surface area contributed by atoms with E-state index in [9.17, 15) is 9.70 Å². The number of nitrogens with two attached hydrogens (primary N) is 2. The van der Waals surface area contributed by atoms with Crippen molar-refractivity contribution in [1.29, 1.82) is 0 Å². The van der Waals surface area contributed by atoms with Crippen LogP contribution in [0.2, 0.25) is 0 Å². The first-order valence-corrected chi connectivity index (χ1v) is 4.52. The third-order valence-electron chi connectivity index (χ3n) is 1.72. The second kappa shape index (κ2) is 4.19. The van der Waals surface area contributed by atoms with Crippen molar-refractivity contribution < 1.29 is 4.79 Å². The van der Waals surface area contributed by atoms with Crippen LogP contribution in [0.5, 0.6) is 0 Å². The molecule has 0 atom stereocenters. The Morgan fingerprint density at radius 2 is 2.14 bits per heavy atom. The SMILES string of the molecule is NC(=O)c1cc(N)c(Br)cc1CN=O. The number of halogens is 1. The molecule has 0 saturated carbocycles. The number of carbonyl (C=O) groups excluding carboxylic acids is 1. The molecule has 0 fully saturated rings. The molecule has 0 aliphatic heterocycles. The number of hydrogen-bond acceptors (Lipinski definition) is 4. The molecule has 0 aliphatic rings. The molecule has 0 unspecified atom stereocenters. The van der Waals surface area contributed by atoms with Crippen LogP contribution in [0.4, 0.5) is 5.69 Å². The van der Waals surface area contributed by atoms with Crippen LogP contribution in [0.15, 0.2) is 21.8 Å². The molecule has 0 aliphatic carbocycles. The number of amides is 1. The van der Waals surface area contributed by atoms with Gasteiger partial charge in [0.2, 0.25) is 5.91 Å². The third kappa shape index (κ3) is 2.08. The minimum Gasteiger partial charge on any atom is -0.398 e. The van der Waals surface area contributed by atoms with E-state index < -0.39 is 5.91 Å². The van der Waals surface area contributed by atoms with E-state index in [1.165, 1.54) is 6.07 Å². The molecular weight excluding hydrogens is 250 g/mol. The van der Waals surface area contributed by atoms with Crippen molar-refractivity contribution in [3.05, 3.63) is 32.6 Å². The van der Waals surface area contributed by atoms with Crippen molar-refractivity contribution in [2.75, 3.05) is 5.73 Å². The molecule has 0 spiro atoms. The summed E-state index contributed by atoms with van der Waals surface area (Å²) in [7, 11) is 0. The highest BCUT2D eigenvalue weighted by atomic mass is 79.9. The highest BCUT2D eigenvalue weighted by Crippen LogP contribution is 2.24. The maximum Gasteiger partial charge on any atom is 0.249 e. The van der Waals surface area contributed by atoms with Crippen LogP contribution >= 0.6 is 15.9 Å². The molecule has 74 valence electrons. The molecule has 6 heteroatoms. The Bertz CT molecular complexity index is 392. The maximum atomic E-state index is 11.0. The normalized spacial score (nSPS) is 9.79. The molecule has 0 aromatic heterocycles. The zero-order chi connectivity index (χ0) is 10.7. The van der Waals surface area contributed by atoms with Gasteiger partial charge in [0, 0.05) is 15.7 Å². The molecule has 1 aromatic rings. The van der Waals surface area contributed by atoms with Gasteiger partial charge in [0.05, 0.1) is 0 Å². The van der Waals surface area contributed by atoms with Crippen molar-refractivity contribution in [3.8, 4) is 0 Å². The van der Waals surface area contributed by atoms with Crippen LogP contribution in [-0.2, 0) is 6.54 Å². The van der Waals surface area contributed by atoms with E-state index in [0.29, 0.717) is 15.7 Å². The number of nitroso groups, excluding NO2 is 1. The second-order valence-corrected chi connectivity index (χ2v) is 3.54. The first-order valence-electron chi connectivity index (χ1n) is 3.73. The van der Waals surface area contributed by atoms with E-state index in [-0.39, 0.29) is 12.1 Å². The highest BCUT2D eigenvalue weighted by molar-refractivity contribution is 9.10. The average Bonchev–Trinajstić information content (AvgIpc) is 2.11. The van der Waals surface area contributed by atoms with E-state index in [4.69, 9.17) is 11.5 Å². The van der Waals surface area contributed by atoms with Crippen LogP contribution in [0, 0.1) is 4.91 Å². The molecule has 1 aromatic carbocycles. The summed E-state index contributed by atoms with van der Waals surface area (Å²) in [6.07, 6.45) is 0. The van der Waals surface area contributed by atoms with Crippen molar-refractivity contribution in [1.82, 2.24) is 0 Å². The highest BCUT2D eigenvalue weighted by Gasteiger charge is 2.11. The predicted octanol–water partition coefficient (Wildman–Crippen LogP) is 1.40. The number of primary amides is 1. The fourth-order valence-corrected chi connectivity index (χ4v) is 1.45. The molecule has 0 heterocycles. The first kappa shape index (κ1) is 10.6. The Kier molecular flexibility index (Phi) is 3.19. The van der Waals surface area contributed by atoms with Gasteiger partial charge in [-0.1, -0.05) is 5.18 Å². The van der Waals surface area contributed by atoms with Gasteiger partial charge in [0.1, 0.15) is 6.54 Å². The first-order chi connectivity index (χ1) is 6.56. The molecule has 14 heavy (non-hydrogen) atoms. The van der Waals surface area contributed by atoms with Gasteiger partial charge in [-0.3, -0.25) is 4.79 Å². The Morgan fingerprint density at radius 1 is 1.50 bits per heavy atom. The summed E-state index contributed by atoms with van der Waals surface area (Å²) in [4.78, 5) is 21.1.